The van der Waals surface area contributed by atoms with Gasteiger partial charge in [0.25, 0.3) is 0 Å². The molecule has 60 valence electrons. The number of aliphatic hydroxyl groups is 1. The lowest BCUT2D eigenvalue weighted by atomic mass is 10.3. The van der Waals surface area contributed by atoms with Gasteiger partial charge in [0.2, 0.25) is 0 Å². The van der Waals surface area contributed by atoms with E-state index >= 15 is 0 Å². The highest BCUT2D eigenvalue weighted by Gasteiger charge is 2.32. The first-order valence-corrected chi connectivity index (χ1v) is 5.34. The molecule has 0 aromatic carbocycles. The van der Waals surface area contributed by atoms with Crippen molar-refractivity contribution in [1.82, 2.24) is 0 Å². The Hall–Kier alpha value is -0.0900. The van der Waals surface area contributed by atoms with E-state index in [4.69, 9.17) is 5.11 Å². The van der Waals surface area contributed by atoms with E-state index in [0.717, 1.165) is 6.42 Å². The van der Waals surface area contributed by atoms with Gasteiger partial charge in [-0.2, -0.15) is 0 Å². The Morgan fingerprint density at radius 3 is 2.20 bits per heavy atom. The van der Waals surface area contributed by atoms with Crippen molar-refractivity contribution in [3.63, 3.8) is 0 Å². The molecule has 0 aromatic heterocycles. The summed E-state index contributed by atoms with van der Waals surface area (Å²) in [6, 6.07) is 0. The van der Waals surface area contributed by atoms with Crippen LogP contribution in [0.15, 0.2) is 0 Å². The Morgan fingerprint density at radius 2 is 2.00 bits per heavy atom. The molecule has 1 fully saturated rings. The first-order valence-electron chi connectivity index (χ1n) is 3.39. The van der Waals surface area contributed by atoms with Crippen LogP contribution in [-0.4, -0.2) is 31.1 Å². The Labute approximate surface area is 61.0 Å². The molecule has 4 heteroatoms. The number of hydrogen-bond acceptors (Lipinski definition) is 3. The van der Waals surface area contributed by atoms with Gasteiger partial charge >= 0.3 is 0 Å². The van der Waals surface area contributed by atoms with Gasteiger partial charge < -0.3 is 5.11 Å². The summed E-state index contributed by atoms with van der Waals surface area (Å²) in [5.74, 6) is 0. The lowest BCUT2D eigenvalue weighted by Crippen LogP contribution is -2.27. The fourth-order valence-corrected chi connectivity index (χ4v) is 2.71. The Bertz CT molecular complexity index is 207. The van der Waals surface area contributed by atoms with Crippen molar-refractivity contribution in [2.24, 2.45) is 0 Å². The topological polar surface area (TPSA) is 54.4 Å². The summed E-state index contributed by atoms with van der Waals surface area (Å²) in [6.07, 6.45) is 2.66. The SMILES string of the molecule is CS(=O)(=O)C1CCCC1O. The van der Waals surface area contributed by atoms with Crippen LogP contribution < -0.4 is 0 Å². The zero-order chi connectivity index (χ0) is 7.78. The molecule has 1 N–H and O–H groups in total. The van der Waals surface area contributed by atoms with Crippen molar-refractivity contribution >= 4 is 9.84 Å². The lowest BCUT2D eigenvalue weighted by molar-refractivity contribution is 0.185. The fourth-order valence-electron chi connectivity index (χ4n) is 1.41. The zero-order valence-corrected chi connectivity index (χ0v) is 6.76. The minimum absolute atomic E-state index is 0.493. The van der Waals surface area contributed by atoms with Crippen molar-refractivity contribution in [1.29, 1.82) is 0 Å². The predicted molar refractivity (Wildman–Crippen MR) is 38.5 cm³/mol. The van der Waals surface area contributed by atoms with Crippen molar-refractivity contribution in [2.75, 3.05) is 6.26 Å². The molecular formula is C6H12O3S. The van der Waals surface area contributed by atoms with Crippen LogP contribution in [0.2, 0.25) is 0 Å². The highest BCUT2D eigenvalue weighted by Crippen LogP contribution is 2.24. The first-order chi connectivity index (χ1) is 4.52. The number of aliphatic hydroxyl groups excluding tert-OH is 1. The van der Waals surface area contributed by atoms with Gasteiger partial charge in [-0.3, -0.25) is 0 Å². The van der Waals surface area contributed by atoms with E-state index in [1.807, 2.05) is 0 Å². The molecule has 0 spiro atoms. The summed E-state index contributed by atoms with van der Waals surface area (Å²) in [7, 11) is -3.00. The van der Waals surface area contributed by atoms with Gasteiger partial charge in [-0.15, -0.1) is 0 Å². The van der Waals surface area contributed by atoms with Crippen LogP contribution in [-0.2, 0) is 9.84 Å². The second-order valence-electron chi connectivity index (χ2n) is 2.87. The van der Waals surface area contributed by atoms with Crippen molar-refractivity contribution in [3.05, 3.63) is 0 Å². The van der Waals surface area contributed by atoms with Gasteiger partial charge in [-0.25, -0.2) is 8.42 Å². The number of rotatable bonds is 1. The summed E-state index contributed by atoms with van der Waals surface area (Å²) in [5, 5.41) is 8.65. The maximum Gasteiger partial charge on any atom is 0.152 e. The quantitative estimate of drug-likeness (QED) is 0.591. The van der Waals surface area contributed by atoms with Crippen LogP contribution in [0.1, 0.15) is 19.3 Å². The van der Waals surface area contributed by atoms with Gasteiger partial charge in [0.05, 0.1) is 11.4 Å². The van der Waals surface area contributed by atoms with E-state index in [9.17, 15) is 8.42 Å². The van der Waals surface area contributed by atoms with E-state index < -0.39 is 21.2 Å². The average Bonchev–Trinajstić information content (AvgIpc) is 2.11. The summed E-state index contributed by atoms with van der Waals surface area (Å²) < 4.78 is 21.8. The number of sulfone groups is 1. The molecule has 0 aliphatic heterocycles. The van der Waals surface area contributed by atoms with Crippen LogP contribution in [0.5, 0.6) is 0 Å². The van der Waals surface area contributed by atoms with E-state index in [0.29, 0.717) is 12.8 Å². The summed E-state index contributed by atoms with van der Waals surface area (Å²) in [5.41, 5.74) is 0. The number of hydrogen-bond donors (Lipinski definition) is 1. The standard InChI is InChI=1S/C6H12O3S/c1-10(8,9)6-4-2-3-5(6)7/h5-7H,2-4H2,1H3. The van der Waals surface area contributed by atoms with Crippen LogP contribution in [0.4, 0.5) is 0 Å². The van der Waals surface area contributed by atoms with Crippen LogP contribution in [0, 0.1) is 0 Å². The normalized spacial score (nSPS) is 34.6. The lowest BCUT2D eigenvalue weighted by Gasteiger charge is -2.10. The Kier molecular flexibility index (Phi) is 2.01. The minimum atomic E-state index is -3.00. The third-order valence-electron chi connectivity index (χ3n) is 1.97. The first kappa shape index (κ1) is 8.01. The highest BCUT2D eigenvalue weighted by atomic mass is 32.2. The van der Waals surface area contributed by atoms with Crippen LogP contribution in [0.3, 0.4) is 0 Å². The third-order valence-corrected chi connectivity index (χ3v) is 3.62. The zero-order valence-electron chi connectivity index (χ0n) is 5.95. The van der Waals surface area contributed by atoms with Gasteiger partial charge in [-0.1, -0.05) is 0 Å². The molecular weight excluding hydrogens is 152 g/mol. The Morgan fingerprint density at radius 1 is 1.40 bits per heavy atom. The second-order valence-corrected chi connectivity index (χ2v) is 5.13. The molecule has 10 heavy (non-hydrogen) atoms. The molecule has 0 bridgehead atoms. The minimum Gasteiger partial charge on any atom is -0.392 e. The molecule has 1 aliphatic rings. The summed E-state index contributed by atoms with van der Waals surface area (Å²) >= 11 is 0. The van der Waals surface area contributed by atoms with Gasteiger partial charge in [-0.05, 0) is 19.3 Å². The molecule has 2 unspecified atom stereocenters. The van der Waals surface area contributed by atoms with Crippen molar-refractivity contribution in [2.45, 2.75) is 30.6 Å². The maximum absolute atomic E-state index is 10.9. The maximum atomic E-state index is 10.9. The summed E-state index contributed by atoms with van der Waals surface area (Å²) in [4.78, 5) is 0. The molecule has 0 heterocycles. The van der Waals surface area contributed by atoms with E-state index in [1.54, 1.807) is 0 Å². The molecule has 1 saturated carbocycles. The smallest absolute Gasteiger partial charge is 0.152 e. The second kappa shape index (κ2) is 2.51. The summed E-state index contributed by atoms with van der Waals surface area (Å²) in [6.45, 7) is 0. The molecule has 0 amide bonds. The van der Waals surface area contributed by atoms with Crippen molar-refractivity contribution < 1.29 is 13.5 Å². The molecule has 0 aromatic rings. The average molecular weight is 164 g/mol. The van der Waals surface area contributed by atoms with Gasteiger partial charge in [0.1, 0.15) is 0 Å². The highest BCUT2D eigenvalue weighted by molar-refractivity contribution is 7.91. The largest absolute Gasteiger partial charge is 0.392 e. The molecule has 0 saturated heterocycles. The van der Waals surface area contributed by atoms with Crippen LogP contribution >= 0.6 is 0 Å². The molecule has 2 atom stereocenters. The third kappa shape index (κ3) is 1.49. The van der Waals surface area contributed by atoms with Gasteiger partial charge in [0.15, 0.2) is 9.84 Å². The molecule has 1 aliphatic carbocycles. The van der Waals surface area contributed by atoms with E-state index in [-0.39, 0.29) is 0 Å². The fraction of sp³-hybridized carbons (Fsp3) is 1.00. The van der Waals surface area contributed by atoms with Crippen LogP contribution in [0.25, 0.3) is 0 Å². The Balaban J connectivity index is 2.74. The monoisotopic (exact) mass is 164 g/mol. The molecule has 3 nitrogen and oxygen atoms in total. The van der Waals surface area contributed by atoms with Gasteiger partial charge in [0, 0.05) is 6.26 Å². The van der Waals surface area contributed by atoms with Crippen molar-refractivity contribution in [3.8, 4) is 0 Å². The predicted octanol–water partition coefficient (Wildman–Crippen LogP) is -0.0556. The molecule has 0 radical (unpaired) electrons. The molecule has 1 rings (SSSR count). The van der Waals surface area contributed by atoms with E-state index in [2.05, 4.69) is 0 Å². The van der Waals surface area contributed by atoms with E-state index in [1.165, 1.54) is 6.26 Å².